The van der Waals surface area contributed by atoms with Gasteiger partial charge in [-0.3, -0.25) is 4.90 Å². The van der Waals surface area contributed by atoms with Crippen LogP contribution in [0, 0.1) is 0 Å². The highest BCUT2D eigenvalue weighted by Gasteiger charge is 2.24. The van der Waals surface area contributed by atoms with Crippen molar-refractivity contribution in [1.82, 2.24) is 10.2 Å². The third-order valence-electron chi connectivity index (χ3n) is 3.30. The van der Waals surface area contributed by atoms with Gasteiger partial charge in [-0.25, -0.2) is 4.39 Å². The molecule has 1 aromatic carbocycles. The van der Waals surface area contributed by atoms with Crippen LogP contribution < -0.4 is 10.1 Å². The van der Waals surface area contributed by atoms with Gasteiger partial charge in [0.05, 0.1) is 13.2 Å². The summed E-state index contributed by atoms with van der Waals surface area (Å²) in [6.45, 7) is 3.19. The second-order valence-electron chi connectivity index (χ2n) is 4.34. The molecule has 0 bridgehead atoms. The van der Waals surface area contributed by atoms with Gasteiger partial charge in [-0.1, -0.05) is 15.9 Å². The molecule has 1 aliphatic heterocycles. The van der Waals surface area contributed by atoms with E-state index in [0.29, 0.717) is 0 Å². The molecule has 0 aliphatic carbocycles. The van der Waals surface area contributed by atoms with Crippen molar-refractivity contribution in [2.75, 3.05) is 40.0 Å². The van der Waals surface area contributed by atoms with Gasteiger partial charge in [-0.15, -0.1) is 24.8 Å². The van der Waals surface area contributed by atoms with Crippen molar-refractivity contribution in [2.24, 2.45) is 0 Å². The van der Waals surface area contributed by atoms with E-state index in [1.165, 1.54) is 0 Å². The first kappa shape index (κ1) is 19.9. The van der Waals surface area contributed by atoms with E-state index in [1.54, 1.807) is 7.11 Å². The van der Waals surface area contributed by atoms with Gasteiger partial charge in [0.2, 0.25) is 0 Å². The number of hydrogen-bond acceptors (Lipinski definition) is 3. The van der Waals surface area contributed by atoms with Crippen molar-refractivity contribution in [3.8, 4) is 5.75 Å². The first-order chi connectivity index (χ1) is 8.76. The van der Waals surface area contributed by atoms with Gasteiger partial charge >= 0.3 is 0 Å². The van der Waals surface area contributed by atoms with E-state index in [2.05, 4.69) is 26.1 Å². The quantitative estimate of drug-likeness (QED) is 0.855. The molecule has 1 atom stereocenters. The summed E-state index contributed by atoms with van der Waals surface area (Å²) in [6.07, 6.45) is 0. The van der Waals surface area contributed by atoms with Crippen LogP contribution in [-0.2, 0) is 0 Å². The Morgan fingerprint density at radius 3 is 2.55 bits per heavy atom. The zero-order valence-corrected chi connectivity index (χ0v) is 14.5. The third-order valence-corrected chi connectivity index (χ3v) is 4.02. The highest BCUT2D eigenvalue weighted by Crippen LogP contribution is 2.31. The second kappa shape index (κ2) is 9.79. The van der Waals surface area contributed by atoms with E-state index in [4.69, 9.17) is 4.74 Å². The average molecular weight is 390 g/mol. The van der Waals surface area contributed by atoms with E-state index in [0.717, 1.165) is 42.0 Å². The Balaban J connectivity index is 0.00000180. The largest absolute Gasteiger partial charge is 0.497 e. The van der Waals surface area contributed by atoms with Crippen molar-refractivity contribution in [3.05, 3.63) is 28.2 Å². The number of piperazine rings is 1. The number of alkyl halides is 1. The van der Waals surface area contributed by atoms with E-state index in [9.17, 15) is 4.39 Å². The number of nitrogens with one attached hydrogen (secondary N) is 1. The van der Waals surface area contributed by atoms with Crippen LogP contribution in [0.1, 0.15) is 11.6 Å². The number of benzene rings is 1. The molecule has 3 nitrogen and oxygen atoms in total. The van der Waals surface area contributed by atoms with Gasteiger partial charge in [0.1, 0.15) is 12.4 Å². The van der Waals surface area contributed by atoms with Crippen LogP contribution in [0.2, 0.25) is 0 Å². The smallest absolute Gasteiger partial charge is 0.119 e. The van der Waals surface area contributed by atoms with Crippen LogP contribution in [0.25, 0.3) is 0 Å². The fourth-order valence-corrected chi connectivity index (χ4v) is 2.79. The van der Waals surface area contributed by atoms with E-state index >= 15 is 0 Å². The monoisotopic (exact) mass is 388 g/mol. The second-order valence-corrected chi connectivity index (χ2v) is 5.20. The van der Waals surface area contributed by atoms with Gasteiger partial charge in [0.15, 0.2) is 0 Å². The van der Waals surface area contributed by atoms with Crippen LogP contribution >= 0.6 is 40.7 Å². The van der Waals surface area contributed by atoms with Crippen molar-refractivity contribution >= 4 is 40.7 Å². The maximum atomic E-state index is 13.4. The lowest BCUT2D eigenvalue weighted by Gasteiger charge is -2.34. The summed E-state index contributed by atoms with van der Waals surface area (Å²) in [7, 11) is 1.63. The molecule has 0 unspecified atom stereocenters. The van der Waals surface area contributed by atoms with Crippen molar-refractivity contribution in [3.63, 3.8) is 0 Å². The minimum Gasteiger partial charge on any atom is -0.497 e. The van der Waals surface area contributed by atoms with Crippen LogP contribution in [0.15, 0.2) is 22.7 Å². The van der Waals surface area contributed by atoms with Crippen molar-refractivity contribution < 1.29 is 9.13 Å². The Morgan fingerprint density at radius 1 is 1.35 bits per heavy atom. The molecule has 0 saturated carbocycles. The molecule has 2 rings (SSSR count). The lowest BCUT2D eigenvalue weighted by atomic mass is 10.1. The molecule has 1 saturated heterocycles. The normalized spacial score (nSPS) is 16.8. The van der Waals surface area contributed by atoms with Crippen molar-refractivity contribution in [2.45, 2.75) is 6.04 Å². The maximum Gasteiger partial charge on any atom is 0.119 e. The fourth-order valence-electron chi connectivity index (χ4n) is 2.28. The molecule has 116 valence electrons. The fraction of sp³-hybridized carbons (Fsp3) is 0.538. The number of ether oxygens (including phenoxy) is 1. The zero-order valence-electron chi connectivity index (χ0n) is 11.3. The Hall–Kier alpha value is -0.0700. The van der Waals surface area contributed by atoms with E-state index in [1.807, 2.05) is 18.2 Å². The average Bonchev–Trinajstić information content (AvgIpc) is 2.43. The summed E-state index contributed by atoms with van der Waals surface area (Å²) in [5.41, 5.74) is 0.957. The van der Waals surface area contributed by atoms with E-state index < -0.39 is 0 Å². The van der Waals surface area contributed by atoms with Crippen LogP contribution in [0.3, 0.4) is 0 Å². The van der Waals surface area contributed by atoms with Gasteiger partial charge in [0, 0.05) is 30.7 Å². The van der Waals surface area contributed by atoms with Gasteiger partial charge in [-0.2, -0.15) is 0 Å². The van der Waals surface area contributed by atoms with Gasteiger partial charge < -0.3 is 10.1 Å². The number of methoxy groups -OCH3 is 1. The molecule has 20 heavy (non-hydrogen) atoms. The lowest BCUT2D eigenvalue weighted by molar-refractivity contribution is 0.147. The predicted molar refractivity (Wildman–Crippen MR) is 88.3 cm³/mol. The molecular weight excluding hydrogens is 370 g/mol. The number of hydrogen-bond donors (Lipinski definition) is 1. The molecule has 0 radical (unpaired) electrons. The standard InChI is InChI=1S/C13H18BrFN2O.2ClH/c1-18-10-2-3-12(14)11(8-10)13(9-15)17-6-4-16-5-7-17;;/h2-3,8,13,16H,4-7,9H2,1H3;2*1H/t13-;;/m0../s1. The molecule has 7 heteroatoms. The number of halogens is 4. The molecule has 1 fully saturated rings. The van der Waals surface area contributed by atoms with Gasteiger partial charge in [-0.05, 0) is 23.8 Å². The molecule has 1 aromatic rings. The van der Waals surface area contributed by atoms with Crippen LogP contribution in [0.5, 0.6) is 5.75 Å². The predicted octanol–water partition coefficient (Wildman–Crippen LogP) is 3.22. The highest BCUT2D eigenvalue weighted by molar-refractivity contribution is 9.10. The van der Waals surface area contributed by atoms with Crippen LogP contribution in [0.4, 0.5) is 4.39 Å². The molecule has 0 aromatic heterocycles. The summed E-state index contributed by atoms with van der Waals surface area (Å²) < 4.78 is 19.6. The number of nitrogens with zero attached hydrogens (tertiary/aromatic N) is 1. The number of rotatable bonds is 4. The third kappa shape index (κ3) is 4.74. The Bertz CT molecular complexity index is 406. The first-order valence-electron chi connectivity index (χ1n) is 6.10. The zero-order chi connectivity index (χ0) is 13.0. The summed E-state index contributed by atoms with van der Waals surface area (Å²) >= 11 is 3.50. The van der Waals surface area contributed by atoms with Crippen LogP contribution in [-0.4, -0.2) is 44.9 Å². The molecule has 0 spiro atoms. The maximum absolute atomic E-state index is 13.4. The van der Waals surface area contributed by atoms with Crippen molar-refractivity contribution in [1.29, 1.82) is 0 Å². The minimum atomic E-state index is -0.383. The summed E-state index contributed by atoms with van der Waals surface area (Å²) in [6, 6.07) is 5.51. The minimum absolute atomic E-state index is 0. The highest BCUT2D eigenvalue weighted by atomic mass is 79.9. The first-order valence-corrected chi connectivity index (χ1v) is 6.89. The Labute approximate surface area is 140 Å². The lowest BCUT2D eigenvalue weighted by Crippen LogP contribution is -2.45. The molecule has 1 aliphatic rings. The Morgan fingerprint density at radius 2 is 2.00 bits per heavy atom. The van der Waals surface area contributed by atoms with E-state index in [-0.39, 0.29) is 37.5 Å². The Kier molecular flexibility index (Phi) is 9.76. The molecule has 1 N–H and O–H groups in total. The van der Waals surface area contributed by atoms with Gasteiger partial charge in [0.25, 0.3) is 0 Å². The molecule has 1 heterocycles. The topological polar surface area (TPSA) is 24.5 Å². The summed E-state index contributed by atoms with van der Waals surface area (Å²) in [4.78, 5) is 2.18. The molecule has 0 amide bonds. The SMILES string of the molecule is COc1ccc(Br)c([C@H](CF)N2CCNCC2)c1.Cl.Cl. The summed E-state index contributed by atoms with van der Waals surface area (Å²) in [5, 5.41) is 3.28. The molecular formula is C13H20BrCl2FN2O. The summed E-state index contributed by atoms with van der Waals surface area (Å²) in [5.74, 6) is 0.766.